The van der Waals surface area contributed by atoms with Crippen molar-refractivity contribution in [3.8, 4) is 0 Å². The normalized spacial score (nSPS) is 16.7. The summed E-state index contributed by atoms with van der Waals surface area (Å²) in [6.45, 7) is 1.26. The molecule has 0 bridgehead atoms. The molecule has 2 rings (SSSR count). The third kappa shape index (κ3) is 1.40. The number of rotatable bonds is 2. The number of aromatic nitrogens is 3. The molecule has 1 aliphatic heterocycles. The van der Waals surface area contributed by atoms with Crippen LogP contribution in [0.1, 0.15) is 16.5 Å². The first kappa shape index (κ1) is 8.18. The van der Waals surface area contributed by atoms with Gasteiger partial charge < -0.3 is 9.47 Å². The lowest BCUT2D eigenvalue weighted by molar-refractivity contribution is -0.0294. The summed E-state index contributed by atoms with van der Waals surface area (Å²) in [5.74, 6) is -0.466. The molecule has 0 radical (unpaired) electrons. The summed E-state index contributed by atoms with van der Waals surface area (Å²) in [7, 11) is 1.31. The molecular formula is C7H9N3O3. The quantitative estimate of drug-likeness (QED) is 0.585. The largest absolute Gasteiger partial charge is 0.464 e. The number of ether oxygens (including phenoxy) is 2. The Labute approximate surface area is 74.4 Å². The number of carbonyl (C=O) groups excluding carboxylic acids is 1. The van der Waals surface area contributed by atoms with Crippen molar-refractivity contribution in [1.29, 1.82) is 0 Å². The zero-order chi connectivity index (χ0) is 9.26. The number of nitrogens with zero attached hydrogens (tertiary/aromatic N) is 3. The van der Waals surface area contributed by atoms with E-state index in [1.54, 1.807) is 10.9 Å². The van der Waals surface area contributed by atoms with Gasteiger partial charge in [0.2, 0.25) is 0 Å². The predicted molar refractivity (Wildman–Crippen MR) is 41.2 cm³/mol. The van der Waals surface area contributed by atoms with E-state index in [1.807, 2.05) is 0 Å². The van der Waals surface area contributed by atoms with Crippen LogP contribution in [0.4, 0.5) is 0 Å². The van der Waals surface area contributed by atoms with Crippen LogP contribution < -0.4 is 0 Å². The summed E-state index contributed by atoms with van der Waals surface area (Å²) in [5.41, 5.74) is 0.231. The number of hydrogen-bond acceptors (Lipinski definition) is 5. The molecule has 70 valence electrons. The molecule has 0 aliphatic carbocycles. The van der Waals surface area contributed by atoms with E-state index in [0.29, 0.717) is 13.2 Å². The molecule has 2 heterocycles. The van der Waals surface area contributed by atoms with E-state index in [-0.39, 0.29) is 11.7 Å². The van der Waals surface area contributed by atoms with E-state index in [9.17, 15) is 4.79 Å². The highest BCUT2D eigenvalue weighted by Gasteiger charge is 2.23. The van der Waals surface area contributed by atoms with Crippen LogP contribution in [-0.2, 0) is 9.47 Å². The number of esters is 1. The van der Waals surface area contributed by atoms with Gasteiger partial charge in [0.15, 0.2) is 5.69 Å². The molecule has 1 fully saturated rings. The van der Waals surface area contributed by atoms with Crippen molar-refractivity contribution < 1.29 is 14.3 Å². The maximum Gasteiger partial charge on any atom is 0.360 e. The molecule has 13 heavy (non-hydrogen) atoms. The van der Waals surface area contributed by atoms with Gasteiger partial charge in [0, 0.05) is 0 Å². The van der Waals surface area contributed by atoms with Crippen LogP contribution in [0.15, 0.2) is 6.20 Å². The third-order valence-corrected chi connectivity index (χ3v) is 1.90. The lowest BCUT2D eigenvalue weighted by Gasteiger charge is -2.25. The van der Waals surface area contributed by atoms with Crippen molar-refractivity contribution in [3.63, 3.8) is 0 Å². The zero-order valence-corrected chi connectivity index (χ0v) is 7.14. The summed E-state index contributed by atoms with van der Waals surface area (Å²) >= 11 is 0. The second kappa shape index (κ2) is 3.14. The van der Waals surface area contributed by atoms with Crippen LogP contribution >= 0.6 is 0 Å². The Hall–Kier alpha value is -1.43. The van der Waals surface area contributed by atoms with Gasteiger partial charge in [-0.3, -0.25) is 0 Å². The van der Waals surface area contributed by atoms with Crippen LogP contribution in [0.25, 0.3) is 0 Å². The molecule has 1 aliphatic rings. The van der Waals surface area contributed by atoms with Gasteiger partial charge in [0.1, 0.15) is 6.04 Å². The Kier molecular flexibility index (Phi) is 1.97. The average molecular weight is 183 g/mol. The summed E-state index contributed by atoms with van der Waals surface area (Å²) < 4.78 is 11.1. The molecule has 0 N–H and O–H groups in total. The maximum absolute atomic E-state index is 11.0. The fourth-order valence-electron chi connectivity index (χ4n) is 1.03. The van der Waals surface area contributed by atoms with Crippen molar-refractivity contribution in [2.45, 2.75) is 6.04 Å². The summed E-state index contributed by atoms with van der Waals surface area (Å²) in [4.78, 5) is 11.0. The highest BCUT2D eigenvalue weighted by atomic mass is 16.5. The summed E-state index contributed by atoms with van der Waals surface area (Å²) in [6.07, 6.45) is 1.57. The highest BCUT2D eigenvalue weighted by molar-refractivity contribution is 5.86. The molecule has 0 atom stereocenters. The fourth-order valence-corrected chi connectivity index (χ4v) is 1.03. The minimum Gasteiger partial charge on any atom is -0.464 e. The van der Waals surface area contributed by atoms with E-state index in [4.69, 9.17) is 4.74 Å². The molecule has 1 aromatic rings. The van der Waals surface area contributed by atoms with Crippen molar-refractivity contribution in [2.24, 2.45) is 0 Å². The molecule has 6 nitrogen and oxygen atoms in total. The fraction of sp³-hybridized carbons (Fsp3) is 0.571. The first-order chi connectivity index (χ1) is 6.31. The average Bonchev–Trinajstić information content (AvgIpc) is 2.49. The van der Waals surface area contributed by atoms with Crippen molar-refractivity contribution in [3.05, 3.63) is 11.9 Å². The zero-order valence-electron chi connectivity index (χ0n) is 7.14. The number of hydrogen-bond donors (Lipinski definition) is 0. The minimum absolute atomic E-state index is 0.214. The van der Waals surface area contributed by atoms with E-state index in [1.165, 1.54) is 7.11 Å². The van der Waals surface area contributed by atoms with E-state index in [2.05, 4.69) is 15.0 Å². The first-order valence-electron chi connectivity index (χ1n) is 3.89. The van der Waals surface area contributed by atoms with Crippen molar-refractivity contribution in [2.75, 3.05) is 20.3 Å². The lowest BCUT2D eigenvalue weighted by atomic mass is 10.3. The Bertz CT molecular complexity index is 319. The summed E-state index contributed by atoms with van der Waals surface area (Å²) in [6, 6.07) is 0.214. The molecule has 1 saturated heterocycles. The topological polar surface area (TPSA) is 66.2 Å². The minimum atomic E-state index is -0.466. The Balaban J connectivity index is 2.12. The molecule has 1 aromatic heterocycles. The van der Waals surface area contributed by atoms with Gasteiger partial charge in [-0.25, -0.2) is 9.48 Å². The molecular weight excluding hydrogens is 174 g/mol. The van der Waals surface area contributed by atoms with Crippen LogP contribution in [0, 0.1) is 0 Å². The molecule has 0 amide bonds. The molecule has 6 heteroatoms. The number of carbonyl (C=O) groups is 1. The molecule has 0 aromatic carbocycles. The van der Waals surface area contributed by atoms with Gasteiger partial charge in [-0.2, -0.15) is 0 Å². The van der Waals surface area contributed by atoms with Crippen molar-refractivity contribution in [1.82, 2.24) is 15.0 Å². The standard InChI is InChI=1S/C7H9N3O3/c1-12-7(11)6-2-10(9-8-6)5-3-13-4-5/h2,5H,3-4H2,1H3. The first-order valence-corrected chi connectivity index (χ1v) is 3.89. The van der Waals surface area contributed by atoms with E-state index < -0.39 is 5.97 Å². The van der Waals surface area contributed by atoms with Crippen LogP contribution in [0.3, 0.4) is 0 Å². The van der Waals surface area contributed by atoms with Gasteiger partial charge in [0.05, 0.1) is 26.5 Å². The Morgan fingerprint density at radius 2 is 2.54 bits per heavy atom. The molecule has 0 saturated carbocycles. The van der Waals surface area contributed by atoms with Gasteiger partial charge in [-0.05, 0) is 0 Å². The van der Waals surface area contributed by atoms with Crippen LogP contribution in [0.2, 0.25) is 0 Å². The molecule has 0 spiro atoms. The van der Waals surface area contributed by atoms with E-state index in [0.717, 1.165) is 0 Å². The maximum atomic E-state index is 11.0. The van der Waals surface area contributed by atoms with Crippen LogP contribution in [-0.4, -0.2) is 41.3 Å². The summed E-state index contributed by atoms with van der Waals surface area (Å²) in [5, 5.41) is 7.47. The smallest absolute Gasteiger partial charge is 0.360 e. The van der Waals surface area contributed by atoms with Crippen molar-refractivity contribution >= 4 is 5.97 Å². The van der Waals surface area contributed by atoms with Crippen LogP contribution in [0.5, 0.6) is 0 Å². The monoisotopic (exact) mass is 183 g/mol. The molecule has 0 unspecified atom stereocenters. The SMILES string of the molecule is COC(=O)c1cn(C2COC2)nn1. The van der Waals surface area contributed by atoms with Gasteiger partial charge in [-0.1, -0.05) is 5.21 Å². The Morgan fingerprint density at radius 3 is 3.08 bits per heavy atom. The third-order valence-electron chi connectivity index (χ3n) is 1.90. The second-order valence-electron chi connectivity index (χ2n) is 2.77. The number of methoxy groups -OCH3 is 1. The lowest BCUT2D eigenvalue weighted by Crippen LogP contribution is -2.31. The van der Waals surface area contributed by atoms with E-state index >= 15 is 0 Å². The van der Waals surface area contributed by atoms with Gasteiger partial charge in [0.25, 0.3) is 0 Å². The Morgan fingerprint density at radius 1 is 1.77 bits per heavy atom. The van der Waals surface area contributed by atoms with Gasteiger partial charge in [-0.15, -0.1) is 5.10 Å². The van der Waals surface area contributed by atoms with Gasteiger partial charge >= 0.3 is 5.97 Å². The predicted octanol–water partition coefficient (Wildman–Crippen LogP) is -0.364. The second-order valence-corrected chi connectivity index (χ2v) is 2.77. The highest BCUT2D eigenvalue weighted by Crippen LogP contribution is 2.15.